The molecule has 1 aromatic carbocycles. The van der Waals surface area contributed by atoms with Crippen LogP contribution in [0.2, 0.25) is 0 Å². The summed E-state index contributed by atoms with van der Waals surface area (Å²) in [5, 5.41) is 3.07. The minimum absolute atomic E-state index is 0.625. The number of benzene rings is 1. The Morgan fingerprint density at radius 1 is 0.941 bits per heavy atom. The van der Waals surface area contributed by atoms with Crippen LogP contribution in [0.15, 0.2) is 12.1 Å². The van der Waals surface area contributed by atoms with E-state index in [1.54, 1.807) is 21.3 Å². The predicted molar refractivity (Wildman–Crippen MR) is 70.2 cm³/mol. The first-order valence-corrected chi connectivity index (χ1v) is 5.70. The lowest BCUT2D eigenvalue weighted by atomic mass is 10.2. The van der Waals surface area contributed by atoms with E-state index in [0.29, 0.717) is 17.2 Å². The molecule has 0 aliphatic carbocycles. The maximum Gasteiger partial charge on any atom is 0.203 e. The summed E-state index contributed by atoms with van der Waals surface area (Å²) in [4.78, 5) is 0. The van der Waals surface area contributed by atoms with E-state index >= 15 is 0 Å². The van der Waals surface area contributed by atoms with Gasteiger partial charge in [-0.3, -0.25) is 0 Å². The van der Waals surface area contributed by atoms with Gasteiger partial charge in [-0.25, -0.2) is 0 Å². The molecule has 0 amide bonds. The van der Waals surface area contributed by atoms with Crippen LogP contribution in [0.5, 0.6) is 17.2 Å². The third kappa shape index (κ3) is 4.15. The highest BCUT2D eigenvalue weighted by atomic mass is 16.5. The third-order valence-corrected chi connectivity index (χ3v) is 2.11. The highest BCUT2D eigenvalue weighted by molar-refractivity contribution is 5.53. The molecule has 0 heterocycles. The Bertz CT molecular complexity index is 301. The molecule has 17 heavy (non-hydrogen) atoms. The van der Waals surface area contributed by atoms with Crippen molar-refractivity contribution >= 4 is 0 Å². The van der Waals surface area contributed by atoms with E-state index in [1.165, 1.54) is 0 Å². The minimum atomic E-state index is 0.625. The summed E-state index contributed by atoms with van der Waals surface area (Å²) in [5.74, 6) is 1.99. The standard InChI is InChI=1S/C11H17NO3.C2H6/c1-12-7-8-5-9(13-2)11(15-4)10(6-8)14-3;1-2/h5-6,12H,7H2,1-4H3;1-2H3. The fourth-order valence-corrected chi connectivity index (χ4v) is 1.44. The van der Waals surface area contributed by atoms with Gasteiger partial charge in [-0.2, -0.15) is 0 Å². The van der Waals surface area contributed by atoms with E-state index in [4.69, 9.17) is 14.2 Å². The summed E-state index contributed by atoms with van der Waals surface area (Å²) in [6.45, 7) is 4.76. The Kier molecular flexibility index (Phi) is 7.97. The summed E-state index contributed by atoms with van der Waals surface area (Å²) in [7, 11) is 6.71. The van der Waals surface area contributed by atoms with Gasteiger partial charge in [-0.1, -0.05) is 13.8 Å². The molecule has 1 rings (SSSR count). The highest BCUT2D eigenvalue weighted by Gasteiger charge is 2.12. The first kappa shape index (κ1) is 15.6. The fraction of sp³-hybridized carbons (Fsp3) is 0.538. The van der Waals surface area contributed by atoms with Crippen molar-refractivity contribution in [2.24, 2.45) is 0 Å². The van der Waals surface area contributed by atoms with Crippen molar-refractivity contribution in [2.75, 3.05) is 28.4 Å². The smallest absolute Gasteiger partial charge is 0.203 e. The van der Waals surface area contributed by atoms with E-state index in [1.807, 2.05) is 33.0 Å². The summed E-state index contributed by atoms with van der Waals surface area (Å²) in [5.41, 5.74) is 1.09. The Morgan fingerprint density at radius 2 is 1.41 bits per heavy atom. The number of ether oxygens (including phenoxy) is 3. The maximum absolute atomic E-state index is 5.23. The Balaban J connectivity index is 0.00000121. The van der Waals surface area contributed by atoms with Gasteiger partial charge < -0.3 is 19.5 Å². The zero-order valence-electron chi connectivity index (χ0n) is 11.6. The van der Waals surface area contributed by atoms with Crippen LogP contribution < -0.4 is 19.5 Å². The second-order valence-electron chi connectivity index (χ2n) is 3.06. The highest BCUT2D eigenvalue weighted by Crippen LogP contribution is 2.38. The topological polar surface area (TPSA) is 39.7 Å². The van der Waals surface area contributed by atoms with Crippen molar-refractivity contribution in [2.45, 2.75) is 20.4 Å². The van der Waals surface area contributed by atoms with Gasteiger partial charge in [0, 0.05) is 6.54 Å². The van der Waals surface area contributed by atoms with Crippen LogP contribution in [0.3, 0.4) is 0 Å². The average Bonchev–Trinajstić information content (AvgIpc) is 2.40. The molecule has 0 atom stereocenters. The number of rotatable bonds is 5. The van der Waals surface area contributed by atoms with Crippen molar-refractivity contribution < 1.29 is 14.2 Å². The molecule has 1 N–H and O–H groups in total. The van der Waals surface area contributed by atoms with E-state index in [2.05, 4.69) is 5.32 Å². The van der Waals surface area contributed by atoms with Crippen LogP contribution in [0, 0.1) is 0 Å². The molecular weight excluding hydrogens is 218 g/mol. The lowest BCUT2D eigenvalue weighted by Crippen LogP contribution is -2.06. The fourth-order valence-electron chi connectivity index (χ4n) is 1.44. The zero-order chi connectivity index (χ0) is 13.3. The van der Waals surface area contributed by atoms with Gasteiger partial charge in [0.15, 0.2) is 11.5 Å². The first-order valence-electron chi connectivity index (χ1n) is 5.70. The number of nitrogens with one attached hydrogen (secondary N) is 1. The zero-order valence-corrected chi connectivity index (χ0v) is 11.6. The molecular formula is C13H23NO3. The predicted octanol–water partition coefficient (Wildman–Crippen LogP) is 2.46. The normalized spacial score (nSPS) is 9.06. The Labute approximate surface area is 104 Å². The largest absolute Gasteiger partial charge is 0.493 e. The number of hydrogen-bond donors (Lipinski definition) is 1. The van der Waals surface area contributed by atoms with Gasteiger partial charge in [-0.15, -0.1) is 0 Å². The van der Waals surface area contributed by atoms with Crippen LogP contribution in [0.4, 0.5) is 0 Å². The third-order valence-electron chi connectivity index (χ3n) is 2.11. The Morgan fingerprint density at radius 3 is 1.71 bits per heavy atom. The van der Waals surface area contributed by atoms with Crippen molar-refractivity contribution in [3.8, 4) is 17.2 Å². The van der Waals surface area contributed by atoms with E-state index in [-0.39, 0.29) is 0 Å². The molecule has 0 aliphatic rings. The molecule has 1 aromatic rings. The minimum Gasteiger partial charge on any atom is -0.493 e. The lowest BCUT2D eigenvalue weighted by molar-refractivity contribution is 0.323. The molecule has 98 valence electrons. The second kappa shape index (κ2) is 8.70. The molecule has 0 unspecified atom stereocenters. The molecule has 0 aliphatic heterocycles. The molecule has 4 heteroatoms. The first-order chi connectivity index (χ1) is 8.26. The van der Waals surface area contributed by atoms with Crippen molar-refractivity contribution in [3.63, 3.8) is 0 Å². The average molecular weight is 241 g/mol. The number of methoxy groups -OCH3 is 3. The molecule has 0 saturated heterocycles. The molecule has 0 spiro atoms. The summed E-state index contributed by atoms with van der Waals surface area (Å²) < 4.78 is 15.7. The van der Waals surface area contributed by atoms with Crippen LogP contribution in [-0.2, 0) is 6.54 Å². The van der Waals surface area contributed by atoms with Gasteiger partial charge in [0.1, 0.15) is 0 Å². The van der Waals surface area contributed by atoms with Crippen LogP contribution in [-0.4, -0.2) is 28.4 Å². The number of hydrogen-bond acceptors (Lipinski definition) is 4. The molecule has 0 aromatic heterocycles. The van der Waals surface area contributed by atoms with Crippen molar-refractivity contribution in [1.82, 2.24) is 5.32 Å². The SMILES string of the molecule is CC.CNCc1cc(OC)c(OC)c(OC)c1. The van der Waals surface area contributed by atoms with Gasteiger partial charge in [0.2, 0.25) is 5.75 Å². The molecule has 0 saturated carbocycles. The van der Waals surface area contributed by atoms with Gasteiger partial charge >= 0.3 is 0 Å². The van der Waals surface area contributed by atoms with Crippen molar-refractivity contribution in [3.05, 3.63) is 17.7 Å². The van der Waals surface area contributed by atoms with E-state index < -0.39 is 0 Å². The quantitative estimate of drug-likeness (QED) is 0.859. The van der Waals surface area contributed by atoms with E-state index in [9.17, 15) is 0 Å². The van der Waals surface area contributed by atoms with Gasteiger partial charge in [0.25, 0.3) is 0 Å². The van der Waals surface area contributed by atoms with Crippen LogP contribution in [0.1, 0.15) is 19.4 Å². The van der Waals surface area contributed by atoms with Crippen LogP contribution in [0.25, 0.3) is 0 Å². The van der Waals surface area contributed by atoms with Crippen molar-refractivity contribution in [1.29, 1.82) is 0 Å². The molecule has 0 fully saturated rings. The lowest BCUT2D eigenvalue weighted by Gasteiger charge is -2.13. The summed E-state index contributed by atoms with van der Waals surface area (Å²) in [6.07, 6.45) is 0. The summed E-state index contributed by atoms with van der Waals surface area (Å²) >= 11 is 0. The molecule has 4 nitrogen and oxygen atoms in total. The second-order valence-corrected chi connectivity index (χ2v) is 3.06. The monoisotopic (exact) mass is 241 g/mol. The van der Waals surface area contributed by atoms with E-state index in [0.717, 1.165) is 12.1 Å². The Hall–Kier alpha value is -1.42. The van der Waals surface area contributed by atoms with Gasteiger partial charge in [0.05, 0.1) is 21.3 Å². The molecule has 0 bridgehead atoms. The maximum atomic E-state index is 5.23. The summed E-state index contributed by atoms with van der Waals surface area (Å²) in [6, 6.07) is 3.86. The van der Waals surface area contributed by atoms with Crippen LogP contribution >= 0.6 is 0 Å². The molecule has 0 radical (unpaired) electrons. The van der Waals surface area contributed by atoms with Gasteiger partial charge in [-0.05, 0) is 24.7 Å².